The van der Waals surface area contributed by atoms with Gasteiger partial charge in [-0.3, -0.25) is 4.98 Å². The number of hydrogen-bond acceptors (Lipinski definition) is 3. The van der Waals surface area contributed by atoms with Crippen LogP contribution in [-0.4, -0.2) is 16.1 Å². The van der Waals surface area contributed by atoms with Gasteiger partial charge in [-0.25, -0.2) is 4.39 Å². The van der Waals surface area contributed by atoms with Crippen molar-refractivity contribution in [2.24, 2.45) is 0 Å². The van der Waals surface area contributed by atoms with Crippen LogP contribution in [0.15, 0.2) is 30.8 Å². The predicted molar refractivity (Wildman–Crippen MR) is 92.7 cm³/mol. The summed E-state index contributed by atoms with van der Waals surface area (Å²) in [4.78, 5) is 4.52. The lowest BCUT2D eigenvalue weighted by atomic mass is 10.0. The molecular formula is C19H23FN2O. The van der Waals surface area contributed by atoms with E-state index in [0.29, 0.717) is 11.7 Å². The van der Waals surface area contributed by atoms with Crippen LogP contribution in [0.4, 0.5) is 4.39 Å². The Hall–Kier alpha value is -2.36. The number of aromatic hydroxyl groups is 1. The van der Waals surface area contributed by atoms with Gasteiger partial charge >= 0.3 is 0 Å². The Balaban J connectivity index is 2.48. The molecule has 1 aromatic heterocycles. The van der Waals surface area contributed by atoms with Crippen molar-refractivity contribution in [3.05, 3.63) is 53.5 Å². The van der Waals surface area contributed by atoms with Gasteiger partial charge in [0.25, 0.3) is 0 Å². The monoisotopic (exact) mass is 314 g/mol. The lowest BCUT2D eigenvalue weighted by Crippen LogP contribution is -2.23. The first-order chi connectivity index (χ1) is 10.8. The quantitative estimate of drug-likeness (QED) is 0.850. The van der Waals surface area contributed by atoms with E-state index in [9.17, 15) is 9.50 Å². The summed E-state index contributed by atoms with van der Waals surface area (Å²) < 4.78 is 14.1. The molecule has 0 aliphatic carbocycles. The zero-order chi connectivity index (χ0) is 17.1. The van der Waals surface area contributed by atoms with Crippen LogP contribution in [0.25, 0.3) is 17.0 Å². The van der Waals surface area contributed by atoms with Crippen LogP contribution in [0.5, 0.6) is 5.75 Å². The Morgan fingerprint density at radius 2 is 2.09 bits per heavy atom. The van der Waals surface area contributed by atoms with Crippen molar-refractivity contribution in [3.63, 3.8) is 0 Å². The van der Waals surface area contributed by atoms with Crippen LogP contribution in [0.1, 0.15) is 37.1 Å². The zero-order valence-electron chi connectivity index (χ0n) is 14.1. The average Bonchev–Trinajstić information content (AvgIpc) is 2.49. The van der Waals surface area contributed by atoms with Gasteiger partial charge in [0.2, 0.25) is 0 Å². The Kier molecular flexibility index (Phi) is 5.04. The molecule has 122 valence electrons. The number of pyridine rings is 1. The molecule has 0 saturated carbocycles. The maximum atomic E-state index is 14.1. The second kappa shape index (κ2) is 6.82. The molecule has 1 atom stereocenters. The summed E-state index contributed by atoms with van der Waals surface area (Å²) in [5.74, 6) is -0.589. The van der Waals surface area contributed by atoms with Gasteiger partial charge in [0, 0.05) is 23.0 Å². The number of halogens is 1. The number of benzene rings is 1. The van der Waals surface area contributed by atoms with Crippen molar-refractivity contribution >= 4 is 5.70 Å². The first-order valence-electron chi connectivity index (χ1n) is 7.77. The molecule has 2 rings (SSSR count). The van der Waals surface area contributed by atoms with Gasteiger partial charge < -0.3 is 10.4 Å². The highest BCUT2D eigenvalue weighted by Crippen LogP contribution is 2.33. The van der Waals surface area contributed by atoms with Gasteiger partial charge in [0.05, 0.1) is 11.3 Å². The Morgan fingerprint density at radius 3 is 2.70 bits per heavy atom. The van der Waals surface area contributed by atoms with Crippen LogP contribution in [0.2, 0.25) is 0 Å². The minimum atomic E-state index is -0.482. The number of aryl methyl sites for hydroxylation is 2. The van der Waals surface area contributed by atoms with E-state index in [1.807, 2.05) is 19.9 Å². The van der Waals surface area contributed by atoms with Gasteiger partial charge in [0.15, 0.2) is 0 Å². The molecule has 1 heterocycles. The van der Waals surface area contributed by atoms with Crippen LogP contribution < -0.4 is 5.32 Å². The van der Waals surface area contributed by atoms with Crippen LogP contribution in [0, 0.1) is 19.7 Å². The normalized spacial score (nSPS) is 12.0. The number of nitrogens with zero attached hydrogens (tertiary/aromatic N) is 1. The summed E-state index contributed by atoms with van der Waals surface area (Å²) in [6, 6.07) is 6.51. The molecule has 23 heavy (non-hydrogen) atoms. The molecule has 0 unspecified atom stereocenters. The highest BCUT2D eigenvalue weighted by molar-refractivity contribution is 5.73. The standard InChI is InChI=1S/C19H23FN2O/c1-6-12(3)21-13(4)15-10-11(2)19(22-14(15)5)18-16(20)8-7-9-17(18)23/h7-10,12,21,23H,4,6H2,1-3,5H3/t12-/m0/s1. The minimum Gasteiger partial charge on any atom is -0.507 e. The molecule has 0 fully saturated rings. The fraction of sp³-hybridized carbons (Fsp3) is 0.316. The van der Waals surface area contributed by atoms with Gasteiger partial charge in [-0.1, -0.05) is 19.6 Å². The van der Waals surface area contributed by atoms with Gasteiger partial charge in [-0.2, -0.15) is 0 Å². The number of rotatable bonds is 5. The smallest absolute Gasteiger partial charge is 0.136 e. The lowest BCUT2D eigenvalue weighted by molar-refractivity contribution is 0.471. The maximum absolute atomic E-state index is 14.1. The molecule has 1 aromatic carbocycles. The molecule has 2 N–H and O–H groups in total. The van der Waals surface area contributed by atoms with Crippen molar-refractivity contribution in [1.29, 1.82) is 0 Å². The molecule has 0 aliphatic rings. The van der Waals surface area contributed by atoms with Crippen molar-refractivity contribution in [2.75, 3.05) is 0 Å². The fourth-order valence-corrected chi connectivity index (χ4v) is 2.49. The van der Waals surface area contributed by atoms with E-state index < -0.39 is 5.82 Å². The van der Waals surface area contributed by atoms with Gasteiger partial charge in [-0.05, 0) is 51.0 Å². The summed E-state index contributed by atoms with van der Waals surface area (Å²) in [7, 11) is 0. The fourth-order valence-electron chi connectivity index (χ4n) is 2.49. The molecule has 2 aromatic rings. The molecule has 0 aliphatic heterocycles. The van der Waals surface area contributed by atoms with E-state index in [1.165, 1.54) is 18.2 Å². The lowest BCUT2D eigenvalue weighted by Gasteiger charge is -2.18. The predicted octanol–water partition coefficient (Wildman–Crippen LogP) is 4.57. The molecule has 0 spiro atoms. The molecule has 0 amide bonds. The van der Waals surface area contributed by atoms with E-state index in [2.05, 4.69) is 30.7 Å². The van der Waals surface area contributed by atoms with Crippen LogP contribution in [0.3, 0.4) is 0 Å². The third-order valence-corrected chi connectivity index (χ3v) is 3.99. The van der Waals surface area contributed by atoms with Gasteiger partial charge in [0.1, 0.15) is 11.6 Å². The first-order valence-corrected chi connectivity index (χ1v) is 7.77. The summed E-state index contributed by atoms with van der Waals surface area (Å²) in [5, 5.41) is 13.3. The Bertz CT molecular complexity index is 720. The zero-order valence-corrected chi connectivity index (χ0v) is 14.1. The molecule has 0 bridgehead atoms. The number of phenolic OH excluding ortho intramolecular Hbond substituents is 1. The summed E-state index contributed by atoms with van der Waals surface area (Å²) in [6.07, 6.45) is 0.992. The second-order valence-corrected chi connectivity index (χ2v) is 5.85. The van der Waals surface area contributed by atoms with E-state index in [4.69, 9.17) is 0 Å². The van der Waals surface area contributed by atoms with Crippen molar-refractivity contribution in [2.45, 2.75) is 40.2 Å². The largest absolute Gasteiger partial charge is 0.507 e. The highest BCUT2D eigenvalue weighted by atomic mass is 19.1. The first kappa shape index (κ1) is 17.0. The number of hydrogen-bond donors (Lipinski definition) is 2. The topological polar surface area (TPSA) is 45.1 Å². The number of phenols is 1. The van der Waals surface area contributed by atoms with Gasteiger partial charge in [-0.15, -0.1) is 0 Å². The molecule has 0 radical (unpaired) electrons. The van der Waals surface area contributed by atoms with Crippen molar-refractivity contribution < 1.29 is 9.50 Å². The third-order valence-electron chi connectivity index (χ3n) is 3.99. The average molecular weight is 314 g/mol. The summed E-state index contributed by atoms with van der Waals surface area (Å²) in [5.41, 5.74) is 3.84. The Labute approximate surface area is 136 Å². The number of aromatic nitrogens is 1. The summed E-state index contributed by atoms with van der Waals surface area (Å²) >= 11 is 0. The maximum Gasteiger partial charge on any atom is 0.136 e. The molecule has 3 nitrogen and oxygen atoms in total. The SMILES string of the molecule is C=C(N[C@@H](C)CC)c1cc(C)c(-c2c(O)cccc2F)nc1C. The molecular weight excluding hydrogens is 291 g/mol. The highest BCUT2D eigenvalue weighted by Gasteiger charge is 2.17. The van der Waals surface area contributed by atoms with Crippen molar-refractivity contribution in [1.82, 2.24) is 10.3 Å². The second-order valence-electron chi connectivity index (χ2n) is 5.85. The van der Waals surface area contributed by atoms with Crippen LogP contribution in [-0.2, 0) is 0 Å². The van der Waals surface area contributed by atoms with Crippen LogP contribution >= 0.6 is 0 Å². The van der Waals surface area contributed by atoms with E-state index in [-0.39, 0.29) is 11.3 Å². The minimum absolute atomic E-state index is 0.107. The van der Waals surface area contributed by atoms with E-state index in [1.54, 1.807) is 0 Å². The van der Waals surface area contributed by atoms with E-state index >= 15 is 0 Å². The van der Waals surface area contributed by atoms with Crippen molar-refractivity contribution in [3.8, 4) is 17.0 Å². The number of nitrogens with one attached hydrogen (secondary N) is 1. The molecule has 4 heteroatoms. The molecule has 0 saturated heterocycles. The summed E-state index contributed by atoms with van der Waals surface area (Å²) in [6.45, 7) is 12.0. The van der Waals surface area contributed by atoms with E-state index in [0.717, 1.165) is 28.9 Å². The third kappa shape index (κ3) is 3.52. The Morgan fingerprint density at radius 1 is 1.39 bits per heavy atom.